The number of carbonyl (C=O) groups is 1. The fraction of sp³-hybridized carbons (Fsp3) is 0.500. The van der Waals surface area contributed by atoms with Gasteiger partial charge in [0.2, 0.25) is 5.91 Å². The molecular formula is C14H20N2O2. The van der Waals surface area contributed by atoms with Crippen LogP contribution in [0.2, 0.25) is 0 Å². The molecule has 0 aromatic carbocycles. The average Bonchev–Trinajstić information content (AvgIpc) is 2.90. The van der Waals surface area contributed by atoms with Gasteiger partial charge in [-0.15, -0.1) is 0 Å². The summed E-state index contributed by atoms with van der Waals surface area (Å²) in [6.45, 7) is 2.93. The van der Waals surface area contributed by atoms with Crippen LogP contribution in [0, 0.1) is 5.92 Å². The molecule has 18 heavy (non-hydrogen) atoms. The number of hydrogen-bond donors (Lipinski definition) is 1. The number of hydrogen-bond acceptors (Lipinski definition) is 3. The van der Waals surface area contributed by atoms with Crippen molar-refractivity contribution in [2.24, 2.45) is 5.92 Å². The van der Waals surface area contributed by atoms with Gasteiger partial charge >= 0.3 is 0 Å². The third kappa shape index (κ3) is 3.74. The Labute approximate surface area is 108 Å². The fourth-order valence-corrected chi connectivity index (χ4v) is 2.22. The summed E-state index contributed by atoms with van der Waals surface area (Å²) in [5, 5.41) is 3.36. The molecule has 0 aliphatic carbocycles. The maximum absolute atomic E-state index is 11.9. The number of carbonyl (C=O) groups excluding carboxylic acids is 1. The molecule has 98 valence electrons. The summed E-state index contributed by atoms with van der Waals surface area (Å²) in [6, 6.07) is 3.64. The molecule has 1 unspecified atom stereocenters. The van der Waals surface area contributed by atoms with Crippen molar-refractivity contribution in [1.82, 2.24) is 10.2 Å². The molecule has 1 fully saturated rings. The van der Waals surface area contributed by atoms with Crippen molar-refractivity contribution in [2.75, 3.05) is 26.7 Å². The summed E-state index contributed by atoms with van der Waals surface area (Å²) in [5.74, 6) is 1.30. The molecule has 1 atom stereocenters. The summed E-state index contributed by atoms with van der Waals surface area (Å²) in [4.78, 5) is 13.7. The maximum Gasteiger partial charge on any atom is 0.246 e. The van der Waals surface area contributed by atoms with Gasteiger partial charge in [-0.2, -0.15) is 0 Å². The standard InChI is InChI=1S/C14H20N2O2/c1-16(11-12-4-2-8-15-10-12)14(17)7-6-13-5-3-9-18-13/h3,5-7,9,12,15H,2,4,8,10-11H2,1H3/b7-6+. The Morgan fingerprint density at radius 1 is 1.67 bits per heavy atom. The number of piperidine rings is 1. The predicted octanol–water partition coefficient (Wildman–Crippen LogP) is 1.75. The second-order valence-corrected chi connectivity index (χ2v) is 4.78. The van der Waals surface area contributed by atoms with Crippen molar-refractivity contribution in [3.63, 3.8) is 0 Å². The molecule has 0 spiro atoms. The normalized spacial score (nSPS) is 20.2. The van der Waals surface area contributed by atoms with Crippen LogP contribution in [0.25, 0.3) is 6.08 Å². The fourth-order valence-electron chi connectivity index (χ4n) is 2.22. The van der Waals surface area contributed by atoms with Gasteiger partial charge in [-0.05, 0) is 50.1 Å². The highest BCUT2D eigenvalue weighted by molar-refractivity contribution is 5.91. The lowest BCUT2D eigenvalue weighted by molar-refractivity contribution is -0.125. The lowest BCUT2D eigenvalue weighted by Gasteiger charge is -2.27. The molecule has 0 saturated carbocycles. The number of amides is 1. The molecule has 0 bridgehead atoms. The number of rotatable bonds is 4. The third-order valence-corrected chi connectivity index (χ3v) is 3.24. The molecular weight excluding hydrogens is 228 g/mol. The lowest BCUT2D eigenvalue weighted by Crippen LogP contribution is -2.38. The Morgan fingerprint density at radius 3 is 3.22 bits per heavy atom. The molecule has 1 saturated heterocycles. The van der Waals surface area contributed by atoms with Gasteiger partial charge in [-0.25, -0.2) is 0 Å². The van der Waals surface area contributed by atoms with Crippen molar-refractivity contribution < 1.29 is 9.21 Å². The van der Waals surface area contributed by atoms with Crippen molar-refractivity contribution >= 4 is 12.0 Å². The molecule has 0 radical (unpaired) electrons. The van der Waals surface area contributed by atoms with E-state index in [1.165, 1.54) is 12.8 Å². The quantitative estimate of drug-likeness (QED) is 0.826. The summed E-state index contributed by atoms with van der Waals surface area (Å²) >= 11 is 0. The first kappa shape index (κ1) is 12.9. The minimum absolute atomic E-state index is 0.0250. The van der Waals surface area contributed by atoms with E-state index in [-0.39, 0.29) is 5.91 Å². The smallest absolute Gasteiger partial charge is 0.246 e. The van der Waals surface area contributed by atoms with Gasteiger partial charge in [0.15, 0.2) is 0 Å². The zero-order valence-electron chi connectivity index (χ0n) is 10.8. The van der Waals surface area contributed by atoms with Gasteiger partial charge in [0.1, 0.15) is 5.76 Å². The summed E-state index contributed by atoms with van der Waals surface area (Å²) in [7, 11) is 1.85. The third-order valence-electron chi connectivity index (χ3n) is 3.24. The molecule has 1 aromatic heterocycles. The Bertz CT molecular complexity index is 392. The molecule has 2 rings (SSSR count). The van der Waals surface area contributed by atoms with E-state index in [9.17, 15) is 4.79 Å². The van der Waals surface area contributed by atoms with Crippen molar-refractivity contribution in [3.05, 3.63) is 30.2 Å². The van der Waals surface area contributed by atoms with Gasteiger partial charge in [-0.3, -0.25) is 4.79 Å². The average molecular weight is 248 g/mol. The highest BCUT2D eigenvalue weighted by Crippen LogP contribution is 2.11. The zero-order chi connectivity index (χ0) is 12.8. The van der Waals surface area contributed by atoms with E-state index < -0.39 is 0 Å². The number of nitrogens with one attached hydrogen (secondary N) is 1. The molecule has 1 N–H and O–H groups in total. The molecule has 1 amide bonds. The number of nitrogens with zero attached hydrogens (tertiary/aromatic N) is 1. The van der Waals surface area contributed by atoms with Crippen LogP contribution in [0.4, 0.5) is 0 Å². The highest BCUT2D eigenvalue weighted by atomic mass is 16.3. The van der Waals surface area contributed by atoms with E-state index in [4.69, 9.17) is 4.42 Å². The van der Waals surface area contributed by atoms with E-state index in [1.54, 1.807) is 23.3 Å². The highest BCUT2D eigenvalue weighted by Gasteiger charge is 2.16. The molecule has 4 heteroatoms. The van der Waals surface area contributed by atoms with E-state index >= 15 is 0 Å². The Balaban J connectivity index is 1.80. The maximum atomic E-state index is 11.9. The van der Waals surface area contributed by atoms with Crippen molar-refractivity contribution in [1.29, 1.82) is 0 Å². The molecule has 1 aromatic rings. The minimum atomic E-state index is 0.0250. The molecule has 1 aliphatic rings. The summed E-state index contributed by atoms with van der Waals surface area (Å²) in [6.07, 6.45) is 7.27. The Hall–Kier alpha value is -1.55. The van der Waals surface area contributed by atoms with Crippen LogP contribution in [-0.4, -0.2) is 37.5 Å². The zero-order valence-corrected chi connectivity index (χ0v) is 10.8. The topological polar surface area (TPSA) is 45.5 Å². The number of furan rings is 1. The Kier molecular flexibility index (Phi) is 4.59. The monoisotopic (exact) mass is 248 g/mol. The van der Waals surface area contributed by atoms with E-state index in [0.717, 1.165) is 19.6 Å². The van der Waals surface area contributed by atoms with Gasteiger partial charge in [0, 0.05) is 19.7 Å². The second-order valence-electron chi connectivity index (χ2n) is 4.78. The van der Waals surface area contributed by atoms with Crippen LogP contribution in [-0.2, 0) is 4.79 Å². The first-order valence-electron chi connectivity index (χ1n) is 6.43. The van der Waals surface area contributed by atoms with Crippen LogP contribution >= 0.6 is 0 Å². The van der Waals surface area contributed by atoms with Crippen LogP contribution < -0.4 is 5.32 Å². The van der Waals surface area contributed by atoms with Gasteiger partial charge in [0.25, 0.3) is 0 Å². The van der Waals surface area contributed by atoms with Crippen molar-refractivity contribution in [3.8, 4) is 0 Å². The van der Waals surface area contributed by atoms with Crippen molar-refractivity contribution in [2.45, 2.75) is 12.8 Å². The lowest BCUT2D eigenvalue weighted by atomic mass is 9.99. The first-order chi connectivity index (χ1) is 8.75. The van der Waals surface area contributed by atoms with E-state index in [0.29, 0.717) is 11.7 Å². The second kappa shape index (κ2) is 6.40. The SMILES string of the molecule is CN(CC1CCCNC1)C(=O)/C=C/c1ccco1. The van der Waals surface area contributed by atoms with Crippen LogP contribution in [0.5, 0.6) is 0 Å². The molecule has 1 aliphatic heterocycles. The van der Waals surface area contributed by atoms with E-state index in [1.807, 2.05) is 19.2 Å². The van der Waals surface area contributed by atoms with Crippen LogP contribution in [0.1, 0.15) is 18.6 Å². The predicted molar refractivity (Wildman–Crippen MR) is 71.0 cm³/mol. The van der Waals surface area contributed by atoms with Gasteiger partial charge in [-0.1, -0.05) is 0 Å². The molecule has 2 heterocycles. The first-order valence-corrected chi connectivity index (χ1v) is 6.43. The van der Waals surface area contributed by atoms with E-state index in [2.05, 4.69) is 5.32 Å². The Morgan fingerprint density at radius 2 is 2.56 bits per heavy atom. The minimum Gasteiger partial charge on any atom is -0.465 e. The van der Waals surface area contributed by atoms with Gasteiger partial charge in [0.05, 0.1) is 6.26 Å². The van der Waals surface area contributed by atoms with Crippen LogP contribution in [0.3, 0.4) is 0 Å². The van der Waals surface area contributed by atoms with Crippen LogP contribution in [0.15, 0.2) is 28.9 Å². The summed E-state index contributed by atoms with van der Waals surface area (Å²) in [5.41, 5.74) is 0. The number of likely N-dealkylation sites (N-methyl/N-ethyl adjacent to an activating group) is 1. The molecule has 4 nitrogen and oxygen atoms in total. The summed E-state index contributed by atoms with van der Waals surface area (Å²) < 4.78 is 5.15. The van der Waals surface area contributed by atoms with Gasteiger partial charge < -0.3 is 14.6 Å². The largest absolute Gasteiger partial charge is 0.465 e.